The molecule has 2 rings (SSSR count). The molecule has 0 radical (unpaired) electrons. The predicted molar refractivity (Wildman–Crippen MR) is 46.9 cm³/mol. The molecule has 0 saturated heterocycles. The highest BCUT2D eigenvalue weighted by Crippen LogP contribution is 2.29. The summed E-state index contributed by atoms with van der Waals surface area (Å²) >= 11 is 0. The van der Waals surface area contributed by atoms with Gasteiger partial charge < -0.3 is 21.2 Å². The van der Waals surface area contributed by atoms with Crippen LogP contribution in [0.5, 0.6) is 0 Å². The topological polar surface area (TPSA) is 82.1 Å². The van der Waals surface area contributed by atoms with Crippen LogP contribution in [0.15, 0.2) is 12.3 Å². The normalized spacial score (nSPS) is 11.1. The molecule has 0 unspecified atom stereocenters. The molecule has 2 aromatic heterocycles. The molecule has 12 heavy (non-hydrogen) atoms. The quantitative estimate of drug-likeness (QED) is 0.495. The number of hydrogen-bond acceptors (Lipinski definition) is 3. The zero-order valence-electron chi connectivity index (χ0n) is 6.65. The molecule has 0 amide bonds. The van der Waals surface area contributed by atoms with Gasteiger partial charge in [-0.05, 0) is 6.07 Å². The minimum Gasteiger partial charge on any atom is -0.425 e. The van der Waals surface area contributed by atoms with Crippen LogP contribution < -0.4 is 11.5 Å². The number of nitrogens with two attached hydrogens (primary N) is 2. The largest absolute Gasteiger partial charge is 0.425 e. The Morgan fingerprint density at radius 2 is 2.08 bits per heavy atom. The summed E-state index contributed by atoms with van der Waals surface area (Å²) in [5, 5.41) is 10.2. The van der Waals surface area contributed by atoms with E-state index in [0.29, 0.717) is 11.3 Å². The molecule has 64 valence electrons. The molecule has 0 atom stereocenters. The van der Waals surface area contributed by atoms with E-state index in [1.165, 1.54) is 0 Å². The van der Waals surface area contributed by atoms with Crippen molar-refractivity contribution < 1.29 is 5.21 Å². The lowest BCUT2D eigenvalue weighted by Crippen LogP contribution is -2.01. The van der Waals surface area contributed by atoms with E-state index in [-0.39, 0.29) is 5.82 Å². The summed E-state index contributed by atoms with van der Waals surface area (Å²) in [5.41, 5.74) is 12.2. The Labute approximate surface area is 68.7 Å². The number of aryl methyl sites for hydroxylation is 1. The van der Waals surface area contributed by atoms with Gasteiger partial charge in [0.25, 0.3) is 0 Å². The Bertz CT molecular complexity index is 440. The Hall–Kier alpha value is -1.78. The third-order valence-electron chi connectivity index (χ3n) is 2.03. The summed E-state index contributed by atoms with van der Waals surface area (Å²) < 4.78 is 2.65. The van der Waals surface area contributed by atoms with Crippen molar-refractivity contribution in [3.8, 4) is 0 Å². The zero-order valence-corrected chi connectivity index (χ0v) is 6.65. The third kappa shape index (κ3) is 0.578. The number of rotatable bonds is 0. The summed E-state index contributed by atoms with van der Waals surface area (Å²) in [5.74, 6) is 0.191. The number of anilines is 2. The standard InChI is InChI=1S/C7H10N4O/c1-10-3-2-4-5(8)6(9)11(12)7(4)10/h2-3,12H,8-9H2,1H3. The SMILES string of the molecule is Cn1ccc2c(N)c(N)n(O)c21. The first-order chi connectivity index (χ1) is 5.63. The van der Waals surface area contributed by atoms with Crippen LogP contribution in [0.1, 0.15) is 0 Å². The highest BCUT2D eigenvalue weighted by Gasteiger charge is 2.13. The van der Waals surface area contributed by atoms with Gasteiger partial charge in [-0.3, -0.25) is 0 Å². The molecule has 5 heteroatoms. The van der Waals surface area contributed by atoms with Gasteiger partial charge in [-0.2, -0.15) is 4.73 Å². The molecule has 0 aliphatic rings. The molecule has 0 spiro atoms. The average molecular weight is 166 g/mol. The predicted octanol–water partition coefficient (Wildman–Crippen LogP) is 0.382. The van der Waals surface area contributed by atoms with Crippen molar-refractivity contribution in [1.82, 2.24) is 9.30 Å². The summed E-state index contributed by atoms with van der Waals surface area (Å²) in [6, 6.07) is 1.81. The van der Waals surface area contributed by atoms with Gasteiger partial charge >= 0.3 is 0 Å². The summed E-state index contributed by atoms with van der Waals surface area (Å²) in [4.78, 5) is 0. The molecule has 0 saturated carbocycles. The average Bonchev–Trinajstić information content (AvgIpc) is 2.51. The van der Waals surface area contributed by atoms with E-state index in [9.17, 15) is 5.21 Å². The lowest BCUT2D eigenvalue weighted by Gasteiger charge is -1.98. The summed E-state index contributed by atoms with van der Waals surface area (Å²) in [7, 11) is 1.81. The molecule has 2 aromatic rings. The molecule has 0 aromatic carbocycles. The van der Waals surface area contributed by atoms with Crippen LogP contribution in [0, 0.1) is 0 Å². The number of hydrogen-bond donors (Lipinski definition) is 3. The maximum absolute atomic E-state index is 9.44. The van der Waals surface area contributed by atoms with E-state index in [0.717, 1.165) is 10.1 Å². The first-order valence-corrected chi connectivity index (χ1v) is 3.53. The summed E-state index contributed by atoms with van der Waals surface area (Å²) in [6.07, 6.45) is 1.81. The van der Waals surface area contributed by atoms with Crippen molar-refractivity contribution in [2.45, 2.75) is 0 Å². The Kier molecular flexibility index (Phi) is 1.08. The van der Waals surface area contributed by atoms with E-state index >= 15 is 0 Å². The smallest absolute Gasteiger partial charge is 0.165 e. The van der Waals surface area contributed by atoms with Gasteiger partial charge in [-0.1, -0.05) is 0 Å². The molecular weight excluding hydrogens is 156 g/mol. The molecular formula is C7H10N4O. The van der Waals surface area contributed by atoms with Crippen molar-refractivity contribution in [3.63, 3.8) is 0 Å². The number of nitrogen functional groups attached to an aromatic ring is 2. The first-order valence-electron chi connectivity index (χ1n) is 3.53. The summed E-state index contributed by atoms with van der Waals surface area (Å²) in [6.45, 7) is 0. The van der Waals surface area contributed by atoms with E-state index < -0.39 is 0 Å². The Balaban J connectivity index is 3.01. The lowest BCUT2D eigenvalue weighted by molar-refractivity contribution is 0.203. The third-order valence-corrected chi connectivity index (χ3v) is 2.03. The van der Waals surface area contributed by atoms with Gasteiger partial charge in [-0.15, -0.1) is 0 Å². The highest BCUT2D eigenvalue weighted by molar-refractivity contribution is 5.96. The van der Waals surface area contributed by atoms with Crippen molar-refractivity contribution in [2.24, 2.45) is 7.05 Å². The Morgan fingerprint density at radius 1 is 1.42 bits per heavy atom. The van der Waals surface area contributed by atoms with Gasteiger partial charge in [0.1, 0.15) is 0 Å². The van der Waals surface area contributed by atoms with E-state index in [2.05, 4.69) is 0 Å². The van der Waals surface area contributed by atoms with Crippen LogP contribution in [-0.4, -0.2) is 14.5 Å². The van der Waals surface area contributed by atoms with Gasteiger partial charge in [0.15, 0.2) is 11.5 Å². The molecule has 0 aliphatic heterocycles. The maximum atomic E-state index is 9.44. The van der Waals surface area contributed by atoms with E-state index in [1.54, 1.807) is 4.57 Å². The van der Waals surface area contributed by atoms with E-state index in [4.69, 9.17) is 11.5 Å². The number of aromatic nitrogens is 2. The lowest BCUT2D eigenvalue weighted by atomic mass is 10.3. The van der Waals surface area contributed by atoms with Crippen molar-refractivity contribution in [3.05, 3.63) is 12.3 Å². The van der Waals surface area contributed by atoms with Crippen molar-refractivity contribution in [2.75, 3.05) is 11.5 Å². The zero-order chi connectivity index (χ0) is 8.88. The van der Waals surface area contributed by atoms with E-state index in [1.807, 2.05) is 19.3 Å². The second-order valence-corrected chi connectivity index (χ2v) is 2.77. The molecule has 0 fully saturated rings. The minimum absolute atomic E-state index is 0.191. The highest BCUT2D eigenvalue weighted by atomic mass is 16.5. The minimum atomic E-state index is 0.191. The second kappa shape index (κ2) is 1.88. The molecule has 5 nitrogen and oxygen atoms in total. The van der Waals surface area contributed by atoms with Gasteiger partial charge in [0.2, 0.25) is 0 Å². The van der Waals surface area contributed by atoms with Crippen LogP contribution in [0.3, 0.4) is 0 Å². The number of fused-ring (bicyclic) bond motifs is 1. The van der Waals surface area contributed by atoms with Crippen LogP contribution in [0.25, 0.3) is 11.0 Å². The van der Waals surface area contributed by atoms with Gasteiger partial charge in [0.05, 0.1) is 5.69 Å². The van der Waals surface area contributed by atoms with Gasteiger partial charge in [-0.25, -0.2) is 0 Å². The van der Waals surface area contributed by atoms with Crippen molar-refractivity contribution >= 4 is 22.5 Å². The fraction of sp³-hybridized carbons (Fsp3) is 0.143. The first kappa shape index (κ1) is 6.90. The van der Waals surface area contributed by atoms with Crippen LogP contribution >= 0.6 is 0 Å². The number of nitrogens with zero attached hydrogens (tertiary/aromatic N) is 2. The Morgan fingerprint density at radius 3 is 2.67 bits per heavy atom. The molecule has 0 bridgehead atoms. The van der Waals surface area contributed by atoms with Crippen LogP contribution in [-0.2, 0) is 7.05 Å². The van der Waals surface area contributed by atoms with Crippen molar-refractivity contribution in [1.29, 1.82) is 0 Å². The molecule has 5 N–H and O–H groups in total. The van der Waals surface area contributed by atoms with Crippen LogP contribution in [0.4, 0.5) is 11.5 Å². The maximum Gasteiger partial charge on any atom is 0.165 e. The molecule has 0 aliphatic carbocycles. The monoisotopic (exact) mass is 166 g/mol. The fourth-order valence-electron chi connectivity index (χ4n) is 1.36. The fourth-order valence-corrected chi connectivity index (χ4v) is 1.36. The molecule has 2 heterocycles. The van der Waals surface area contributed by atoms with Gasteiger partial charge in [0, 0.05) is 18.6 Å². The second-order valence-electron chi connectivity index (χ2n) is 2.77. The van der Waals surface area contributed by atoms with Crippen LogP contribution in [0.2, 0.25) is 0 Å².